The van der Waals surface area contributed by atoms with E-state index in [1.54, 1.807) is 12.5 Å². The number of hydrogen-bond donors (Lipinski definition) is 0. The Morgan fingerprint density at radius 2 is 2.40 bits per heavy atom. The topological polar surface area (TPSA) is 56.0 Å². The summed E-state index contributed by atoms with van der Waals surface area (Å²) in [4.78, 5) is 3.91. The van der Waals surface area contributed by atoms with Gasteiger partial charge in [-0.25, -0.2) is 4.98 Å². The molecule has 10 heavy (non-hydrogen) atoms. The first-order chi connectivity index (χ1) is 4.88. The van der Waals surface area contributed by atoms with Gasteiger partial charge in [0, 0.05) is 11.8 Å². The maximum Gasteiger partial charge on any atom is 0.185 e. The second-order valence-corrected chi connectivity index (χ2v) is 2.02. The van der Waals surface area contributed by atoms with Crippen LogP contribution in [-0.2, 0) is 0 Å². The van der Waals surface area contributed by atoms with Gasteiger partial charge in [-0.2, -0.15) is 4.52 Å². The van der Waals surface area contributed by atoms with Crippen molar-refractivity contribution in [3.63, 3.8) is 0 Å². The maximum atomic E-state index is 3.91. The first kappa shape index (κ1) is 5.28. The van der Waals surface area contributed by atoms with Crippen molar-refractivity contribution < 1.29 is 0 Å². The van der Waals surface area contributed by atoms with Crippen molar-refractivity contribution in [2.75, 3.05) is 0 Å². The molecule has 2 heterocycles. The molecule has 0 saturated heterocycles. The van der Waals surface area contributed by atoms with Gasteiger partial charge >= 0.3 is 0 Å². The van der Waals surface area contributed by atoms with Crippen molar-refractivity contribution in [3.05, 3.63) is 18.1 Å². The highest BCUT2D eigenvalue weighted by Gasteiger charge is 1.97. The quantitative estimate of drug-likeness (QED) is 0.503. The molecule has 5 heteroatoms. The van der Waals surface area contributed by atoms with Gasteiger partial charge in [-0.05, 0) is 17.4 Å². The van der Waals surface area contributed by atoms with Gasteiger partial charge in [-0.1, -0.05) is 0 Å². The molecule has 0 bridgehead atoms. The lowest BCUT2D eigenvalue weighted by molar-refractivity contribution is 0.808. The van der Waals surface area contributed by atoms with E-state index in [-0.39, 0.29) is 0 Å². The van der Waals surface area contributed by atoms with Gasteiger partial charge in [0.15, 0.2) is 5.65 Å². The summed E-state index contributed by atoms with van der Waals surface area (Å²) in [7, 11) is 0. The van der Waals surface area contributed by atoms with Crippen molar-refractivity contribution in [3.8, 4) is 0 Å². The van der Waals surface area contributed by atoms with Gasteiger partial charge in [0.25, 0.3) is 0 Å². The van der Waals surface area contributed by atoms with Crippen molar-refractivity contribution in [2.45, 2.75) is 6.92 Å². The Morgan fingerprint density at radius 1 is 1.50 bits per heavy atom. The fourth-order valence-corrected chi connectivity index (χ4v) is 0.797. The molecule has 0 spiro atoms. The lowest BCUT2D eigenvalue weighted by atomic mass is 10.4. The Kier molecular flexibility index (Phi) is 0.913. The monoisotopic (exact) mass is 135 g/mol. The maximum absolute atomic E-state index is 3.91. The van der Waals surface area contributed by atoms with Crippen LogP contribution in [0.3, 0.4) is 0 Å². The van der Waals surface area contributed by atoms with Crippen molar-refractivity contribution in [2.24, 2.45) is 0 Å². The SMILES string of the molecule is Cc1cncn2nnnc12. The largest absolute Gasteiger partial charge is 0.244 e. The second-order valence-electron chi connectivity index (χ2n) is 2.02. The highest BCUT2D eigenvalue weighted by Crippen LogP contribution is 1.99. The Hall–Kier alpha value is -1.52. The third-order valence-corrected chi connectivity index (χ3v) is 1.29. The normalized spacial score (nSPS) is 10.5. The Balaban J connectivity index is 2.95. The van der Waals surface area contributed by atoms with E-state index in [1.165, 1.54) is 4.52 Å². The molecule has 0 saturated carbocycles. The summed E-state index contributed by atoms with van der Waals surface area (Å²) in [5.41, 5.74) is 1.74. The van der Waals surface area contributed by atoms with Crippen LogP contribution < -0.4 is 0 Å². The number of aromatic nitrogens is 5. The summed E-state index contributed by atoms with van der Waals surface area (Å²) < 4.78 is 1.54. The van der Waals surface area contributed by atoms with Crippen LogP contribution in [0.4, 0.5) is 0 Å². The average Bonchev–Trinajstić information content (AvgIpc) is 2.36. The molecule has 0 aliphatic carbocycles. The van der Waals surface area contributed by atoms with Gasteiger partial charge in [0.1, 0.15) is 6.33 Å². The van der Waals surface area contributed by atoms with Crippen LogP contribution in [0.15, 0.2) is 12.5 Å². The van der Waals surface area contributed by atoms with E-state index in [9.17, 15) is 0 Å². The molecule has 0 radical (unpaired) electrons. The summed E-state index contributed by atoms with van der Waals surface area (Å²) >= 11 is 0. The van der Waals surface area contributed by atoms with E-state index in [2.05, 4.69) is 20.5 Å². The molecule has 2 rings (SSSR count). The molecule has 0 aromatic carbocycles. The predicted octanol–water partition coefficient (Wildman–Crippen LogP) is -0.172. The van der Waals surface area contributed by atoms with Crippen LogP contribution in [0.25, 0.3) is 5.65 Å². The Labute approximate surface area is 56.7 Å². The van der Waals surface area contributed by atoms with Gasteiger partial charge in [-0.15, -0.1) is 5.10 Å². The number of nitrogens with zero attached hydrogens (tertiary/aromatic N) is 5. The minimum atomic E-state index is 0.759. The summed E-state index contributed by atoms with van der Waals surface area (Å²) in [6, 6.07) is 0. The van der Waals surface area contributed by atoms with E-state index < -0.39 is 0 Å². The summed E-state index contributed by atoms with van der Waals surface area (Å²) in [6.07, 6.45) is 3.30. The van der Waals surface area contributed by atoms with Crippen molar-refractivity contribution >= 4 is 5.65 Å². The Bertz CT molecular complexity index is 352. The first-order valence-corrected chi connectivity index (χ1v) is 2.86. The average molecular weight is 135 g/mol. The molecule has 50 valence electrons. The van der Waals surface area contributed by atoms with Crippen molar-refractivity contribution in [1.29, 1.82) is 0 Å². The van der Waals surface area contributed by atoms with E-state index in [4.69, 9.17) is 0 Å². The second kappa shape index (κ2) is 1.73. The van der Waals surface area contributed by atoms with Gasteiger partial charge < -0.3 is 0 Å². The molecule has 5 nitrogen and oxygen atoms in total. The van der Waals surface area contributed by atoms with Crippen LogP contribution >= 0.6 is 0 Å². The zero-order valence-corrected chi connectivity index (χ0v) is 5.39. The molecule has 0 aliphatic heterocycles. The number of fused-ring (bicyclic) bond motifs is 1. The summed E-state index contributed by atoms with van der Waals surface area (Å²) in [5.74, 6) is 0. The third kappa shape index (κ3) is 0.570. The molecular weight excluding hydrogens is 130 g/mol. The van der Waals surface area contributed by atoms with Gasteiger partial charge in [0.05, 0.1) is 0 Å². The van der Waals surface area contributed by atoms with E-state index in [1.807, 2.05) is 6.92 Å². The smallest absolute Gasteiger partial charge is 0.185 e. The van der Waals surface area contributed by atoms with Crippen LogP contribution in [0.2, 0.25) is 0 Å². The van der Waals surface area contributed by atoms with Crippen LogP contribution in [-0.4, -0.2) is 25.0 Å². The molecule has 0 fully saturated rings. The molecule has 0 atom stereocenters. The number of hydrogen-bond acceptors (Lipinski definition) is 4. The van der Waals surface area contributed by atoms with Crippen LogP contribution in [0.1, 0.15) is 5.56 Å². The molecule has 0 amide bonds. The Morgan fingerprint density at radius 3 is 3.20 bits per heavy atom. The molecule has 2 aromatic heterocycles. The molecule has 0 N–H and O–H groups in total. The lowest BCUT2D eigenvalue weighted by Gasteiger charge is -1.89. The number of rotatable bonds is 0. The predicted molar refractivity (Wildman–Crippen MR) is 33.3 cm³/mol. The minimum Gasteiger partial charge on any atom is -0.244 e. The molecule has 0 unspecified atom stereocenters. The minimum absolute atomic E-state index is 0.759. The standard InChI is InChI=1S/C5H5N5/c1-4-2-6-3-10-5(4)7-8-9-10/h2-3H,1H3. The van der Waals surface area contributed by atoms with E-state index in [0.29, 0.717) is 0 Å². The molecule has 0 aliphatic rings. The fraction of sp³-hybridized carbons (Fsp3) is 0.200. The third-order valence-electron chi connectivity index (χ3n) is 1.29. The van der Waals surface area contributed by atoms with Crippen molar-refractivity contribution in [1.82, 2.24) is 25.0 Å². The lowest BCUT2D eigenvalue weighted by Crippen LogP contribution is -1.90. The van der Waals surface area contributed by atoms with Gasteiger partial charge in [0.2, 0.25) is 0 Å². The number of aryl methyl sites for hydroxylation is 1. The highest BCUT2D eigenvalue weighted by atomic mass is 15.5. The summed E-state index contributed by atoms with van der Waals surface area (Å²) in [5, 5.41) is 10.9. The fourth-order valence-electron chi connectivity index (χ4n) is 0.797. The van der Waals surface area contributed by atoms with Crippen LogP contribution in [0.5, 0.6) is 0 Å². The zero-order valence-electron chi connectivity index (χ0n) is 5.39. The van der Waals surface area contributed by atoms with Crippen LogP contribution in [0, 0.1) is 6.92 Å². The van der Waals surface area contributed by atoms with E-state index in [0.717, 1.165) is 11.2 Å². The number of tetrazole rings is 1. The zero-order chi connectivity index (χ0) is 6.97. The summed E-state index contributed by atoms with van der Waals surface area (Å²) in [6.45, 7) is 1.92. The molecule has 2 aromatic rings. The first-order valence-electron chi connectivity index (χ1n) is 2.86. The van der Waals surface area contributed by atoms with E-state index >= 15 is 0 Å². The molecular formula is C5H5N5. The highest BCUT2D eigenvalue weighted by molar-refractivity contribution is 5.41. The van der Waals surface area contributed by atoms with Gasteiger partial charge in [-0.3, -0.25) is 0 Å².